The summed E-state index contributed by atoms with van der Waals surface area (Å²) in [4.78, 5) is 25.8. The minimum Gasteiger partial charge on any atom is -0.355 e. The van der Waals surface area contributed by atoms with Gasteiger partial charge in [0.2, 0.25) is 15.9 Å². The van der Waals surface area contributed by atoms with Gasteiger partial charge in [0.1, 0.15) is 6.04 Å². The number of urea groups is 1. The topological polar surface area (TPSA) is 155 Å². The van der Waals surface area contributed by atoms with E-state index in [0.29, 0.717) is 13.0 Å². The van der Waals surface area contributed by atoms with Crippen molar-refractivity contribution in [2.45, 2.75) is 42.9 Å². The first-order valence-electron chi connectivity index (χ1n) is 11.6. The van der Waals surface area contributed by atoms with Gasteiger partial charge in [0.05, 0.1) is 45.5 Å². The van der Waals surface area contributed by atoms with Crippen LogP contribution in [0.25, 0.3) is 0 Å². The zero-order chi connectivity index (χ0) is 28.5. The van der Waals surface area contributed by atoms with E-state index in [1.165, 1.54) is 25.1 Å². The molecule has 2 aliphatic rings. The summed E-state index contributed by atoms with van der Waals surface area (Å²) in [7, 11) is -4.44. The number of allylic oxidation sites excluding steroid dienone is 1. The lowest BCUT2D eigenvalue weighted by Crippen LogP contribution is -2.50. The molecule has 0 radical (unpaired) electrons. The number of halogens is 3. The Hall–Kier alpha value is -4.40. The van der Waals surface area contributed by atoms with E-state index in [0.717, 1.165) is 29.2 Å². The molecule has 1 fully saturated rings. The van der Waals surface area contributed by atoms with Crippen LogP contribution in [0.1, 0.15) is 42.5 Å². The van der Waals surface area contributed by atoms with Gasteiger partial charge in [-0.1, -0.05) is 12.1 Å². The average Bonchev–Trinajstić information content (AvgIpc) is 2.89. The molecule has 0 aromatic heterocycles. The number of amides is 3. The quantitative estimate of drug-likeness (QED) is 0.512. The molecule has 0 saturated carbocycles. The van der Waals surface area contributed by atoms with Crippen LogP contribution in [-0.4, -0.2) is 32.9 Å². The molecule has 10 nitrogen and oxygen atoms in total. The maximum atomic E-state index is 13.4. The third-order valence-corrected chi connectivity index (χ3v) is 7.89. The fourth-order valence-electron chi connectivity index (χ4n) is 4.46. The Labute approximate surface area is 221 Å². The molecule has 2 aromatic carbocycles. The molecule has 2 atom stereocenters. The number of carbonyl (C=O) groups is 2. The summed E-state index contributed by atoms with van der Waals surface area (Å²) in [6.07, 6.45) is -3.89. The molecule has 3 N–H and O–H groups in total. The summed E-state index contributed by atoms with van der Waals surface area (Å²) >= 11 is 0. The van der Waals surface area contributed by atoms with Gasteiger partial charge in [-0.05, 0) is 55.7 Å². The van der Waals surface area contributed by atoms with Gasteiger partial charge in [-0.3, -0.25) is 9.69 Å². The number of nitrogens with zero attached hydrogens (tertiary/aromatic N) is 3. The minimum absolute atomic E-state index is 0.0158. The van der Waals surface area contributed by atoms with Crippen molar-refractivity contribution < 1.29 is 31.2 Å². The lowest BCUT2D eigenvalue weighted by Gasteiger charge is -2.35. The fraction of sp³-hybridized carbons (Fsp3) is 0.280. The predicted octanol–water partition coefficient (Wildman–Crippen LogP) is 3.20. The number of nitriles is 2. The minimum atomic E-state index is -4.67. The second-order valence-corrected chi connectivity index (χ2v) is 10.5. The second-order valence-electron chi connectivity index (χ2n) is 8.85. The van der Waals surface area contributed by atoms with Crippen molar-refractivity contribution in [2.24, 2.45) is 0 Å². The predicted molar refractivity (Wildman–Crippen MR) is 131 cm³/mol. The Bertz CT molecular complexity index is 1570. The number of sulfonamides is 1. The lowest BCUT2D eigenvalue weighted by molar-refractivity contribution is -0.137. The molecule has 2 aromatic rings. The number of hydrogen-bond acceptors (Lipinski definition) is 6. The van der Waals surface area contributed by atoms with Gasteiger partial charge in [0.25, 0.3) is 0 Å². The molecule has 14 heteroatoms. The molecule has 2 aliphatic heterocycles. The van der Waals surface area contributed by atoms with E-state index in [2.05, 4.69) is 15.4 Å². The van der Waals surface area contributed by atoms with Crippen LogP contribution < -0.4 is 20.3 Å². The second kappa shape index (κ2) is 10.4. The van der Waals surface area contributed by atoms with Crippen molar-refractivity contribution in [3.63, 3.8) is 0 Å². The average molecular weight is 559 g/mol. The molecule has 3 amide bonds. The lowest BCUT2D eigenvalue weighted by atomic mass is 9.94. The highest BCUT2D eigenvalue weighted by molar-refractivity contribution is 7.89. The largest absolute Gasteiger partial charge is 0.416 e. The van der Waals surface area contributed by atoms with Gasteiger partial charge in [0, 0.05) is 12.2 Å². The summed E-state index contributed by atoms with van der Waals surface area (Å²) in [5.74, 6) is -0.515. The Morgan fingerprint density at radius 2 is 1.85 bits per heavy atom. The van der Waals surface area contributed by atoms with Crippen molar-refractivity contribution in [1.29, 1.82) is 10.5 Å². The van der Waals surface area contributed by atoms with Crippen LogP contribution in [0, 0.1) is 22.7 Å². The summed E-state index contributed by atoms with van der Waals surface area (Å²) in [5, 5.41) is 24.4. The summed E-state index contributed by atoms with van der Waals surface area (Å²) in [6, 6.07) is 8.10. The summed E-state index contributed by atoms with van der Waals surface area (Å²) < 4.78 is 69.0. The fourth-order valence-corrected chi connectivity index (χ4v) is 5.97. The highest BCUT2D eigenvalue weighted by Gasteiger charge is 2.38. The first-order chi connectivity index (χ1) is 18.4. The number of benzene rings is 2. The molecule has 0 spiro atoms. The Kier molecular flexibility index (Phi) is 7.37. The monoisotopic (exact) mass is 558 g/mol. The van der Waals surface area contributed by atoms with Crippen molar-refractivity contribution >= 4 is 27.6 Å². The van der Waals surface area contributed by atoms with Gasteiger partial charge in [-0.25, -0.2) is 13.2 Å². The first kappa shape index (κ1) is 27.6. The van der Waals surface area contributed by atoms with Crippen molar-refractivity contribution in [3.05, 3.63) is 70.4 Å². The van der Waals surface area contributed by atoms with Crippen LogP contribution in [0.4, 0.5) is 23.7 Å². The van der Waals surface area contributed by atoms with Gasteiger partial charge >= 0.3 is 12.2 Å². The molecule has 2 heterocycles. The van der Waals surface area contributed by atoms with E-state index in [1.807, 2.05) is 12.1 Å². The van der Waals surface area contributed by atoms with Gasteiger partial charge in [-0.15, -0.1) is 0 Å². The number of nitrogens with one attached hydrogen (secondary N) is 3. The van der Waals surface area contributed by atoms with E-state index in [4.69, 9.17) is 0 Å². The molecule has 0 aliphatic carbocycles. The van der Waals surface area contributed by atoms with E-state index >= 15 is 0 Å². The Balaban J connectivity index is 1.81. The highest BCUT2D eigenvalue weighted by Crippen LogP contribution is 2.38. The van der Waals surface area contributed by atoms with Crippen LogP contribution in [0.15, 0.2) is 58.6 Å². The third-order valence-electron chi connectivity index (χ3n) is 6.36. The number of anilines is 1. The number of piperidine rings is 1. The normalized spacial score (nSPS) is 20.1. The Morgan fingerprint density at radius 1 is 1.10 bits per heavy atom. The van der Waals surface area contributed by atoms with Crippen LogP contribution in [0.3, 0.4) is 0 Å². The smallest absolute Gasteiger partial charge is 0.355 e. The number of alkyl halides is 3. The molecule has 4 rings (SSSR count). The molecular formula is C25H21F3N6O4S. The molecule has 39 heavy (non-hydrogen) atoms. The molecule has 202 valence electrons. The third kappa shape index (κ3) is 5.43. The highest BCUT2D eigenvalue weighted by atomic mass is 32.2. The van der Waals surface area contributed by atoms with E-state index in [9.17, 15) is 41.7 Å². The van der Waals surface area contributed by atoms with Crippen molar-refractivity contribution in [2.75, 3.05) is 11.4 Å². The van der Waals surface area contributed by atoms with E-state index in [-0.39, 0.29) is 34.5 Å². The van der Waals surface area contributed by atoms with Crippen molar-refractivity contribution in [1.82, 2.24) is 15.4 Å². The number of rotatable bonds is 5. The van der Waals surface area contributed by atoms with Crippen LogP contribution in [-0.2, 0) is 21.0 Å². The maximum absolute atomic E-state index is 13.4. The molecule has 1 saturated heterocycles. The number of carbonyl (C=O) groups excluding carboxylic acids is 2. The summed E-state index contributed by atoms with van der Waals surface area (Å²) in [6.45, 7) is 1.76. The number of hydrogen-bond donors (Lipinski definition) is 3. The molecular weight excluding hydrogens is 537 g/mol. The van der Waals surface area contributed by atoms with Crippen LogP contribution in [0.5, 0.6) is 0 Å². The van der Waals surface area contributed by atoms with Gasteiger partial charge in [0.15, 0.2) is 0 Å². The zero-order valence-electron chi connectivity index (χ0n) is 20.3. The standard InChI is InChI=1S/C25H21F3N6O4S/c1-14-19(13-30)22(32-24(36)34(14)17-5-2-4-16(11-17)25(26,27)28)18-8-7-15(12-29)10-21(18)39(37,38)33-20-6-3-9-31-23(20)35/h2,4-5,7-8,10-11,20,22,33H,3,6,9H2,1H3,(H,31,35)(H,32,36)/t20?,22-/m1/s1. The molecule has 1 unspecified atom stereocenters. The van der Waals surface area contributed by atoms with Gasteiger partial charge in [-0.2, -0.15) is 28.4 Å². The maximum Gasteiger partial charge on any atom is 0.416 e. The zero-order valence-corrected chi connectivity index (χ0v) is 21.2. The molecule has 0 bridgehead atoms. The van der Waals surface area contributed by atoms with Crippen LogP contribution in [0.2, 0.25) is 0 Å². The van der Waals surface area contributed by atoms with E-state index < -0.39 is 50.7 Å². The summed E-state index contributed by atoms with van der Waals surface area (Å²) in [5.41, 5.74) is -1.39. The Morgan fingerprint density at radius 3 is 2.49 bits per heavy atom. The van der Waals surface area contributed by atoms with Gasteiger partial charge < -0.3 is 10.6 Å². The van der Waals surface area contributed by atoms with E-state index in [1.54, 1.807) is 0 Å². The first-order valence-corrected chi connectivity index (χ1v) is 13.1. The van der Waals surface area contributed by atoms with Crippen LogP contribution >= 0.6 is 0 Å². The SMILES string of the molecule is CC1=C(C#N)[C@@H](c2ccc(C#N)cc2S(=O)(=O)NC2CCCNC2=O)NC(=O)N1c1cccc(C(F)(F)F)c1. The van der Waals surface area contributed by atoms with Crippen molar-refractivity contribution in [3.8, 4) is 12.1 Å².